The fraction of sp³-hybridized carbons (Fsp3) is 0.387. The predicted octanol–water partition coefficient (Wildman–Crippen LogP) is 7.54. The fourth-order valence-electron chi connectivity index (χ4n) is 5.91. The van der Waals surface area contributed by atoms with Crippen LogP contribution in [0.4, 0.5) is 8.78 Å². The average Bonchev–Trinajstić information content (AvgIpc) is 3.12. The summed E-state index contributed by atoms with van der Waals surface area (Å²) in [6.45, 7) is 6.50. The summed E-state index contributed by atoms with van der Waals surface area (Å²) in [5, 5.41) is 0. The van der Waals surface area contributed by atoms with E-state index in [9.17, 15) is 13.6 Å². The van der Waals surface area contributed by atoms with E-state index in [1.165, 1.54) is 39.9 Å². The van der Waals surface area contributed by atoms with Crippen molar-refractivity contribution in [3.05, 3.63) is 99.6 Å². The largest absolute Gasteiger partial charge is 0.487 e. The van der Waals surface area contributed by atoms with Crippen molar-refractivity contribution in [1.82, 2.24) is 4.90 Å². The number of piperidine rings is 1. The van der Waals surface area contributed by atoms with E-state index < -0.39 is 11.6 Å². The van der Waals surface area contributed by atoms with E-state index in [2.05, 4.69) is 45.0 Å². The molecule has 5 rings (SSSR count). The minimum absolute atomic E-state index is 0.0593. The molecule has 0 spiro atoms. The van der Waals surface area contributed by atoms with E-state index in [1.54, 1.807) is 0 Å². The molecule has 0 aliphatic carbocycles. The lowest BCUT2D eigenvalue weighted by Crippen LogP contribution is -2.49. The molecule has 0 aromatic heterocycles. The van der Waals surface area contributed by atoms with Gasteiger partial charge in [-0.25, -0.2) is 8.78 Å². The maximum absolute atomic E-state index is 14.1. The second kappa shape index (κ2) is 10.9. The molecule has 2 aliphatic rings. The topological polar surface area (TPSA) is 29.5 Å². The van der Waals surface area contributed by atoms with E-state index in [0.717, 1.165) is 30.4 Å². The van der Waals surface area contributed by atoms with Crippen LogP contribution in [0.1, 0.15) is 63.9 Å². The Balaban J connectivity index is 1.17. The highest BCUT2D eigenvalue weighted by atomic mass is 32.2. The molecule has 2 unspecified atom stereocenters. The van der Waals surface area contributed by atoms with Gasteiger partial charge >= 0.3 is 0 Å². The van der Waals surface area contributed by atoms with Gasteiger partial charge in [-0.2, -0.15) is 11.8 Å². The summed E-state index contributed by atoms with van der Waals surface area (Å²) in [6.07, 6.45) is 2.99. The normalized spacial score (nSPS) is 20.8. The van der Waals surface area contributed by atoms with Crippen molar-refractivity contribution in [3.8, 4) is 5.75 Å². The van der Waals surface area contributed by atoms with Crippen molar-refractivity contribution in [2.75, 3.05) is 0 Å². The molecule has 3 aromatic carbocycles. The van der Waals surface area contributed by atoms with Gasteiger partial charge in [0, 0.05) is 48.1 Å². The van der Waals surface area contributed by atoms with Crippen LogP contribution in [0.3, 0.4) is 0 Å². The standard InChI is InChI=1S/C31H33F2NO2S/c1-19-12-20(2)28(21(3)13-19)18-37-17-22-4-6-23(7-5-22)31(35)34-25-9-10-26(34)16-27(15-25)36-30-11-8-24(32)14-29(30)33/h4-8,11-14,25-27H,9-10,15-18H2,1-3H3. The minimum Gasteiger partial charge on any atom is -0.487 e. The van der Waals surface area contributed by atoms with Crippen LogP contribution < -0.4 is 4.74 Å². The molecular formula is C31H33F2NO2S. The Kier molecular flexibility index (Phi) is 7.57. The van der Waals surface area contributed by atoms with Crippen molar-refractivity contribution < 1.29 is 18.3 Å². The van der Waals surface area contributed by atoms with Gasteiger partial charge in [0.05, 0.1) is 0 Å². The molecule has 0 saturated carbocycles. The van der Waals surface area contributed by atoms with Gasteiger partial charge in [0.2, 0.25) is 0 Å². The van der Waals surface area contributed by atoms with Crippen LogP contribution in [0.5, 0.6) is 5.75 Å². The van der Waals surface area contributed by atoms with E-state index in [4.69, 9.17) is 4.74 Å². The van der Waals surface area contributed by atoms with Crippen molar-refractivity contribution >= 4 is 17.7 Å². The number of hydrogen-bond acceptors (Lipinski definition) is 3. The second-order valence-corrected chi connectivity index (χ2v) is 11.4. The number of nitrogens with zero attached hydrogens (tertiary/aromatic N) is 1. The highest BCUT2D eigenvalue weighted by Gasteiger charge is 2.44. The molecule has 2 heterocycles. The summed E-state index contributed by atoms with van der Waals surface area (Å²) < 4.78 is 33.2. The first-order valence-electron chi connectivity index (χ1n) is 13.0. The third kappa shape index (κ3) is 5.69. The zero-order valence-corrected chi connectivity index (χ0v) is 22.4. The molecule has 0 radical (unpaired) electrons. The molecule has 2 aliphatic heterocycles. The van der Waals surface area contributed by atoms with E-state index in [1.807, 2.05) is 28.8 Å². The maximum atomic E-state index is 14.1. The van der Waals surface area contributed by atoms with Crippen molar-refractivity contribution in [1.29, 1.82) is 0 Å². The van der Waals surface area contributed by atoms with E-state index >= 15 is 0 Å². The molecule has 3 aromatic rings. The first kappa shape index (κ1) is 25.8. The van der Waals surface area contributed by atoms with Crippen LogP contribution in [0.2, 0.25) is 0 Å². The summed E-state index contributed by atoms with van der Waals surface area (Å²) in [5.41, 5.74) is 7.32. The van der Waals surface area contributed by atoms with Crippen LogP contribution in [-0.2, 0) is 11.5 Å². The van der Waals surface area contributed by atoms with Crippen molar-refractivity contribution in [3.63, 3.8) is 0 Å². The summed E-state index contributed by atoms with van der Waals surface area (Å²) in [4.78, 5) is 15.4. The third-order valence-corrected chi connectivity index (χ3v) is 8.70. The number of aryl methyl sites for hydroxylation is 3. The molecule has 37 heavy (non-hydrogen) atoms. The smallest absolute Gasteiger partial charge is 0.254 e. The molecule has 2 fully saturated rings. The molecule has 3 nitrogen and oxygen atoms in total. The molecule has 2 atom stereocenters. The number of carbonyl (C=O) groups excluding carboxylic acids is 1. The zero-order valence-electron chi connectivity index (χ0n) is 21.6. The molecular weight excluding hydrogens is 488 g/mol. The predicted molar refractivity (Wildman–Crippen MR) is 145 cm³/mol. The molecule has 6 heteroatoms. The van der Waals surface area contributed by atoms with Gasteiger partial charge in [-0.05, 0) is 80.1 Å². The number of rotatable bonds is 7. The number of carbonyl (C=O) groups is 1. The van der Waals surface area contributed by atoms with Crippen molar-refractivity contribution in [2.45, 2.75) is 76.1 Å². The molecule has 2 saturated heterocycles. The van der Waals surface area contributed by atoms with Crippen LogP contribution in [0, 0.1) is 32.4 Å². The Morgan fingerprint density at radius 1 is 0.919 bits per heavy atom. The molecule has 194 valence electrons. The van der Waals surface area contributed by atoms with E-state index in [0.29, 0.717) is 18.4 Å². The maximum Gasteiger partial charge on any atom is 0.254 e. The van der Waals surface area contributed by atoms with Gasteiger partial charge in [0.15, 0.2) is 11.6 Å². The molecule has 1 amide bonds. The summed E-state index contributed by atoms with van der Waals surface area (Å²) in [7, 11) is 0. The van der Waals surface area contributed by atoms with Gasteiger partial charge < -0.3 is 9.64 Å². The van der Waals surface area contributed by atoms with Crippen LogP contribution in [0.25, 0.3) is 0 Å². The number of ether oxygens (including phenoxy) is 1. The van der Waals surface area contributed by atoms with Gasteiger partial charge in [0.25, 0.3) is 5.91 Å². The summed E-state index contributed by atoms with van der Waals surface area (Å²) in [5.74, 6) is 0.700. The lowest BCUT2D eigenvalue weighted by molar-refractivity contribution is 0.0349. The number of amides is 1. The highest BCUT2D eigenvalue weighted by Crippen LogP contribution is 2.38. The summed E-state index contributed by atoms with van der Waals surface area (Å²) in [6, 6.07) is 16.0. The number of halogens is 2. The van der Waals surface area contributed by atoms with Gasteiger partial charge in [-0.1, -0.05) is 29.8 Å². The monoisotopic (exact) mass is 521 g/mol. The lowest BCUT2D eigenvalue weighted by atomic mass is 9.98. The van der Waals surface area contributed by atoms with Gasteiger partial charge in [0.1, 0.15) is 11.9 Å². The summed E-state index contributed by atoms with van der Waals surface area (Å²) >= 11 is 1.89. The number of hydrogen-bond donors (Lipinski definition) is 0. The highest BCUT2D eigenvalue weighted by molar-refractivity contribution is 7.97. The Morgan fingerprint density at radius 3 is 2.19 bits per heavy atom. The van der Waals surface area contributed by atoms with Gasteiger partial charge in [-0.3, -0.25) is 4.79 Å². The van der Waals surface area contributed by atoms with Crippen LogP contribution in [0.15, 0.2) is 54.6 Å². The van der Waals surface area contributed by atoms with Crippen LogP contribution in [-0.4, -0.2) is 29.0 Å². The molecule has 2 bridgehead atoms. The lowest BCUT2D eigenvalue weighted by Gasteiger charge is -2.39. The second-order valence-electron chi connectivity index (χ2n) is 10.5. The number of thioether (sulfide) groups is 1. The van der Waals surface area contributed by atoms with Gasteiger partial charge in [-0.15, -0.1) is 0 Å². The Morgan fingerprint density at radius 2 is 1.57 bits per heavy atom. The number of benzene rings is 3. The SMILES string of the molecule is Cc1cc(C)c(CSCc2ccc(C(=O)N3C4CCC3CC(Oc3ccc(F)cc3F)C4)cc2)c(C)c1. The number of fused-ring (bicyclic) bond motifs is 2. The van der Waals surface area contributed by atoms with Crippen LogP contribution >= 0.6 is 11.8 Å². The average molecular weight is 522 g/mol. The first-order chi connectivity index (χ1) is 17.8. The molecule has 0 N–H and O–H groups in total. The fourth-order valence-corrected chi connectivity index (χ4v) is 7.10. The Labute approximate surface area is 222 Å². The quantitative estimate of drug-likeness (QED) is 0.322. The Hall–Kier alpha value is -2.86. The van der Waals surface area contributed by atoms with Crippen molar-refractivity contribution in [2.24, 2.45) is 0 Å². The Bertz CT molecular complexity index is 1260. The third-order valence-electron chi connectivity index (χ3n) is 7.67. The first-order valence-corrected chi connectivity index (χ1v) is 14.1. The zero-order chi connectivity index (χ0) is 26.1. The minimum atomic E-state index is -0.687. The van der Waals surface area contributed by atoms with E-state index in [-0.39, 0.29) is 29.8 Å².